The van der Waals surface area contributed by atoms with Crippen LogP contribution in [0.25, 0.3) is 0 Å². The van der Waals surface area contributed by atoms with Crippen LogP contribution in [-0.4, -0.2) is 36.7 Å². The van der Waals surface area contributed by atoms with E-state index in [1.165, 1.54) is 26.0 Å². The van der Waals surface area contributed by atoms with Crippen LogP contribution in [0, 0.1) is 18.3 Å². The van der Waals surface area contributed by atoms with Crippen molar-refractivity contribution in [3.05, 3.63) is 29.3 Å². The summed E-state index contributed by atoms with van der Waals surface area (Å²) in [5, 5.41) is 27.0. The first-order valence-electron chi connectivity index (χ1n) is 5.63. The normalized spacial score (nSPS) is 14.3. The van der Waals surface area contributed by atoms with Crippen molar-refractivity contribution in [1.29, 1.82) is 5.26 Å². The van der Waals surface area contributed by atoms with Crippen molar-refractivity contribution in [3.63, 3.8) is 0 Å². The number of benzene rings is 1. The molecule has 3 N–H and O–H groups in total. The molecule has 8 heteroatoms. The first kappa shape index (κ1) is 16.1. The van der Waals surface area contributed by atoms with Crippen molar-refractivity contribution in [1.82, 2.24) is 4.72 Å². The van der Waals surface area contributed by atoms with Crippen LogP contribution in [0.1, 0.15) is 18.1 Å². The zero-order chi connectivity index (χ0) is 15.5. The molecule has 0 aliphatic carbocycles. The van der Waals surface area contributed by atoms with Crippen LogP contribution in [0.15, 0.2) is 23.1 Å². The number of rotatable bonds is 5. The van der Waals surface area contributed by atoms with Crippen LogP contribution in [0.5, 0.6) is 0 Å². The molecule has 7 nitrogen and oxygen atoms in total. The number of nitriles is 1. The first-order valence-corrected chi connectivity index (χ1v) is 7.11. The number of aliphatic hydroxyl groups is 1. The largest absolute Gasteiger partial charge is 0.480 e. The van der Waals surface area contributed by atoms with Gasteiger partial charge < -0.3 is 10.2 Å². The van der Waals surface area contributed by atoms with Gasteiger partial charge in [-0.3, -0.25) is 4.79 Å². The summed E-state index contributed by atoms with van der Waals surface area (Å²) < 4.78 is 26.2. The highest BCUT2D eigenvalue weighted by Gasteiger charge is 2.30. The van der Waals surface area contributed by atoms with E-state index < -0.39 is 28.1 Å². The van der Waals surface area contributed by atoms with Gasteiger partial charge in [0.2, 0.25) is 10.0 Å². The smallest absolute Gasteiger partial charge is 0.324 e. The maximum absolute atomic E-state index is 12.1. The first-order chi connectivity index (χ1) is 9.19. The van der Waals surface area contributed by atoms with Gasteiger partial charge in [0, 0.05) is 0 Å². The second-order valence-corrected chi connectivity index (χ2v) is 5.95. The number of nitrogens with one attached hydrogen (secondary N) is 1. The highest BCUT2D eigenvalue weighted by molar-refractivity contribution is 7.89. The molecular formula is C12H14N2O5S. The Bertz CT molecular complexity index is 661. The molecule has 0 fully saturated rings. The Hall–Kier alpha value is -1.95. The second kappa shape index (κ2) is 6.00. The van der Waals surface area contributed by atoms with Crippen LogP contribution in [0.2, 0.25) is 0 Å². The van der Waals surface area contributed by atoms with E-state index in [0.29, 0.717) is 5.56 Å². The monoisotopic (exact) mass is 298 g/mol. The van der Waals surface area contributed by atoms with Gasteiger partial charge in [-0.15, -0.1) is 0 Å². The topological polar surface area (TPSA) is 127 Å². The average Bonchev–Trinajstić information content (AvgIpc) is 2.35. The minimum atomic E-state index is -4.15. The van der Waals surface area contributed by atoms with E-state index >= 15 is 0 Å². The minimum absolute atomic E-state index is 0.139. The Morgan fingerprint density at radius 1 is 1.45 bits per heavy atom. The second-order valence-electron chi connectivity index (χ2n) is 4.27. The third-order valence-corrected chi connectivity index (χ3v) is 4.22. The van der Waals surface area contributed by atoms with E-state index in [2.05, 4.69) is 0 Å². The maximum atomic E-state index is 12.1. The Balaban J connectivity index is 3.24. The molecule has 0 aromatic heterocycles. The molecule has 0 amide bonds. The number of hydrogen-bond acceptors (Lipinski definition) is 5. The molecule has 0 heterocycles. The molecule has 1 aromatic carbocycles. The van der Waals surface area contributed by atoms with E-state index in [4.69, 9.17) is 10.4 Å². The Morgan fingerprint density at radius 3 is 2.50 bits per heavy atom. The number of hydrogen-bond donors (Lipinski definition) is 3. The number of carboxylic acids is 1. The molecule has 0 bridgehead atoms. The number of aliphatic hydroxyl groups excluding tert-OH is 1. The molecule has 0 aliphatic heterocycles. The molecular weight excluding hydrogens is 284 g/mol. The predicted molar refractivity (Wildman–Crippen MR) is 69.3 cm³/mol. The third kappa shape index (κ3) is 3.54. The number of carboxylic acid groups (broad SMARTS) is 1. The average molecular weight is 298 g/mol. The van der Waals surface area contributed by atoms with Crippen molar-refractivity contribution in [3.8, 4) is 6.07 Å². The molecule has 1 aromatic rings. The van der Waals surface area contributed by atoms with E-state index in [1.54, 1.807) is 0 Å². The number of aryl methyl sites for hydroxylation is 1. The van der Waals surface area contributed by atoms with Gasteiger partial charge in [-0.2, -0.15) is 9.98 Å². The lowest BCUT2D eigenvalue weighted by molar-refractivity contribution is -0.141. The van der Waals surface area contributed by atoms with Crippen molar-refractivity contribution in [2.24, 2.45) is 0 Å². The number of sulfonamides is 1. The van der Waals surface area contributed by atoms with Crippen LogP contribution in [0.4, 0.5) is 0 Å². The van der Waals surface area contributed by atoms with Gasteiger partial charge in [-0.05, 0) is 31.5 Å². The van der Waals surface area contributed by atoms with Gasteiger partial charge in [0.1, 0.15) is 6.04 Å². The SMILES string of the molecule is Cc1ccc(C#N)cc1S(=O)(=O)N[C@H](C(=O)O)[C@@H](C)O. The Morgan fingerprint density at radius 2 is 2.05 bits per heavy atom. The molecule has 1 rings (SSSR count). The van der Waals surface area contributed by atoms with Gasteiger partial charge >= 0.3 is 5.97 Å². The minimum Gasteiger partial charge on any atom is -0.480 e. The van der Waals surface area contributed by atoms with Crippen molar-refractivity contribution in [2.45, 2.75) is 30.9 Å². The fraction of sp³-hybridized carbons (Fsp3) is 0.333. The fourth-order valence-electron chi connectivity index (χ4n) is 1.55. The van der Waals surface area contributed by atoms with E-state index in [1.807, 2.05) is 10.8 Å². The van der Waals surface area contributed by atoms with E-state index in [-0.39, 0.29) is 10.5 Å². The highest BCUT2D eigenvalue weighted by Crippen LogP contribution is 2.17. The molecule has 0 saturated carbocycles. The molecule has 0 saturated heterocycles. The zero-order valence-electron chi connectivity index (χ0n) is 10.9. The van der Waals surface area contributed by atoms with Crippen molar-refractivity contribution in [2.75, 3.05) is 0 Å². The number of nitrogens with zero attached hydrogens (tertiary/aromatic N) is 1. The molecule has 0 unspecified atom stereocenters. The summed E-state index contributed by atoms with van der Waals surface area (Å²) in [4.78, 5) is 10.7. The molecule has 0 radical (unpaired) electrons. The lowest BCUT2D eigenvalue weighted by Crippen LogP contribution is -2.47. The van der Waals surface area contributed by atoms with Crippen LogP contribution in [-0.2, 0) is 14.8 Å². The summed E-state index contributed by atoms with van der Waals surface area (Å²) in [5.74, 6) is -1.49. The highest BCUT2D eigenvalue weighted by atomic mass is 32.2. The predicted octanol–water partition coefficient (Wildman–Crippen LogP) is -0.0210. The summed E-state index contributed by atoms with van der Waals surface area (Å²) in [7, 11) is -4.15. The fourth-order valence-corrected chi connectivity index (χ4v) is 3.08. The van der Waals surface area contributed by atoms with Crippen molar-refractivity contribution < 1.29 is 23.4 Å². The standard InChI is InChI=1S/C12H14N2O5S/c1-7-3-4-9(6-13)5-10(7)20(18,19)14-11(8(2)15)12(16)17/h3-5,8,11,14-15H,1-2H3,(H,16,17)/t8-,11+/m1/s1. The Kier molecular flexibility index (Phi) is 4.83. The summed E-state index contributed by atoms with van der Waals surface area (Å²) >= 11 is 0. The summed E-state index contributed by atoms with van der Waals surface area (Å²) in [6.07, 6.45) is -1.40. The van der Waals surface area contributed by atoms with Crippen molar-refractivity contribution >= 4 is 16.0 Å². The Labute approximate surface area is 116 Å². The zero-order valence-corrected chi connectivity index (χ0v) is 11.7. The third-order valence-electron chi connectivity index (χ3n) is 2.64. The van der Waals surface area contributed by atoms with Crippen LogP contribution in [0.3, 0.4) is 0 Å². The quantitative estimate of drug-likeness (QED) is 0.701. The number of aliphatic carboxylic acids is 1. The maximum Gasteiger partial charge on any atom is 0.324 e. The molecule has 20 heavy (non-hydrogen) atoms. The van der Waals surface area contributed by atoms with Gasteiger partial charge in [0.15, 0.2) is 0 Å². The molecule has 0 aliphatic rings. The lowest BCUT2D eigenvalue weighted by atomic mass is 10.2. The van der Waals surface area contributed by atoms with Gasteiger partial charge in [0.05, 0.1) is 22.6 Å². The van der Waals surface area contributed by atoms with E-state index in [0.717, 1.165) is 6.07 Å². The molecule has 108 valence electrons. The summed E-state index contributed by atoms with van der Waals surface area (Å²) in [6, 6.07) is 4.20. The van der Waals surface area contributed by atoms with Gasteiger partial charge in [0.25, 0.3) is 0 Å². The van der Waals surface area contributed by atoms with Crippen LogP contribution >= 0.6 is 0 Å². The van der Waals surface area contributed by atoms with Gasteiger partial charge in [-0.1, -0.05) is 6.07 Å². The summed E-state index contributed by atoms with van der Waals surface area (Å²) in [5.41, 5.74) is 0.506. The lowest BCUT2D eigenvalue weighted by Gasteiger charge is -2.18. The molecule has 0 spiro atoms. The molecule has 2 atom stereocenters. The summed E-state index contributed by atoms with van der Waals surface area (Å²) in [6.45, 7) is 2.69. The van der Waals surface area contributed by atoms with Crippen LogP contribution < -0.4 is 4.72 Å². The number of carbonyl (C=O) groups is 1. The van der Waals surface area contributed by atoms with E-state index in [9.17, 15) is 18.3 Å². The van der Waals surface area contributed by atoms with Gasteiger partial charge in [-0.25, -0.2) is 8.42 Å².